The molecule has 3 nitrogen and oxygen atoms in total. The molecule has 0 N–H and O–H groups in total. The lowest BCUT2D eigenvalue weighted by molar-refractivity contribution is 1.27. The maximum Gasteiger partial charge on any atom is 0.0782 e. The maximum absolute atomic E-state index is 2.58. The predicted molar refractivity (Wildman–Crippen MR) is 225 cm³/mol. The van der Waals surface area contributed by atoms with Crippen LogP contribution in [0.15, 0.2) is 176 Å². The first kappa shape index (κ1) is 27.6. The van der Waals surface area contributed by atoms with Crippen molar-refractivity contribution < 1.29 is 0 Å². The van der Waals surface area contributed by atoms with Crippen molar-refractivity contribution in [3.8, 4) is 0 Å². The maximum atomic E-state index is 2.58. The van der Waals surface area contributed by atoms with Gasteiger partial charge < -0.3 is 13.7 Å². The van der Waals surface area contributed by atoms with Crippen LogP contribution in [0.1, 0.15) is 0 Å². The zero-order chi connectivity index (χ0) is 34.4. The van der Waals surface area contributed by atoms with Crippen molar-refractivity contribution in [2.24, 2.45) is 0 Å². The van der Waals surface area contributed by atoms with Crippen LogP contribution in [-0.4, -0.2) is 8.80 Å². The van der Waals surface area contributed by atoms with Crippen LogP contribution in [0.2, 0.25) is 0 Å². The fourth-order valence-corrected chi connectivity index (χ4v) is 9.87. The number of anilines is 3. The average Bonchev–Trinajstić information content (AvgIpc) is 3.95. The smallest absolute Gasteiger partial charge is 0.0782 e. The van der Waals surface area contributed by atoms with Crippen LogP contribution >= 0.6 is 0 Å². The zero-order valence-corrected chi connectivity index (χ0v) is 28.6. The Balaban J connectivity index is 1.27. The molecular formula is C50H29N3. The van der Waals surface area contributed by atoms with Crippen LogP contribution in [0.5, 0.6) is 0 Å². The summed E-state index contributed by atoms with van der Waals surface area (Å²) in [5.41, 5.74) is 11.0. The van der Waals surface area contributed by atoms with Gasteiger partial charge in [-0.1, -0.05) is 127 Å². The molecule has 4 heterocycles. The van der Waals surface area contributed by atoms with E-state index in [1.54, 1.807) is 0 Å². The third-order valence-electron chi connectivity index (χ3n) is 11.9. The number of benzene rings is 9. The number of nitrogens with zero attached hydrogens (tertiary/aromatic N) is 3. The van der Waals surface area contributed by atoms with Gasteiger partial charge in [-0.3, -0.25) is 0 Å². The molecule has 13 rings (SSSR count). The lowest BCUT2D eigenvalue weighted by atomic mass is 9.97. The zero-order valence-electron chi connectivity index (χ0n) is 28.6. The third-order valence-corrected chi connectivity index (χ3v) is 11.9. The highest BCUT2D eigenvalue weighted by Crippen LogP contribution is 2.51. The summed E-state index contributed by atoms with van der Waals surface area (Å²) in [5, 5.41) is 15.6. The van der Waals surface area contributed by atoms with Crippen LogP contribution in [-0.2, 0) is 0 Å². The molecule has 0 aliphatic heterocycles. The Morgan fingerprint density at radius 2 is 0.849 bits per heavy atom. The SMILES string of the molecule is c1ccc(N(c2ccccc2)c2cccc3c4cccc5c6c7c8c9ccccc9cc9c%10ccc%11ccccc%11c%10n(c7ccc6n(c23)c45)c98)cc1. The topological polar surface area (TPSA) is 12.1 Å². The molecule has 0 amide bonds. The Labute approximate surface area is 303 Å². The van der Waals surface area contributed by atoms with E-state index in [4.69, 9.17) is 0 Å². The molecule has 0 aliphatic rings. The first-order chi connectivity index (χ1) is 26.3. The van der Waals surface area contributed by atoms with Gasteiger partial charge >= 0.3 is 0 Å². The first-order valence-corrected chi connectivity index (χ1v) is 18.4. The minimum absolute atomic E-state index is 1.13. The third kappa shape index (κ3) is 3.36. The Kier molecular flexibility index (Phi) is 5.11. The molecule has 0 atom stereocenters. The van der Waals surface area contributed by atoms with Gasteiger partial charge in [0.25, 0.3) is 0 Å². The molecule has 0 fully saturated rings. The molecule has 244 valence electrons. The standard InChI is InChI=1S/C50H29N3/c1-3-15-32(16-4-1)51(33-17-5-2-6-18-33)43-24-12-22-37-36-21-11-23-39-44-41(52(48(36)39)49(37)43)27-28-42-46(44)45-34-19-9-8-14-31(34)29-40-38-26-25-30-13-7-10-20-35(30)47(38)53(42)50(40)45/h1-29H. The first-order valence-electron chi connectivity index (χ1n) is 18.4. The number of para-hydroxylation sites is 4. The van der Waals surface area contributed by atoms with Crippen molar-refractivity contribution >= 4 is 115 Å². The van der Waals surface area contributed by atoms with Crippen molar-refractivity contribution in [1.82, 2.24) is 8.80 Å². The summed E-state index contributed by atoms with van der Waals surface area (Å²) in [6.45, 7) is 0. The number of fused-ring (bicyclic) bond motifs is 17. The average molecular weight is 672 g/mol. The Bertz CT molecular complexity index is 3570. The highest BCUT2D eigenvalue weighted by molar-refractivity contribution is 6.40. The van der Waals surface area contributed by atoms with Crippen LogP contribution in [0.3, 0.4) is 0 Å². The fraction of sp³-hybridized carbons (Fsp3) is 0. The van der Waals surface area contributed by atoms with E-state index in [-0.39, 0.29) is 0 Å². The minimum atomic E-state index is 1.13. The van der Waals surface area contributed by atoms with Gasteiger partial charge in [-0.25, -0.2) is 0 Å². The molecule has 0 radical (unpaired) electrons. The summed E-state index contributed by atoms with van der Waals surface area (Å²) in [4.78, 5) is 2.41. The van der Waals surface area contributed by atoms with Crippen molar-refractivity contribution in [2.75, 3.05) is 4.90 Å². The summed E-state index contributed by atoms with van der Waals surface area (Å²) < 4.78 is 5.14. The Morgan fingerprint density at radius 1 is 0.302 bits per heavy atom. The molecule has 0 saturated heterocycles. The molecule has 13 aromatic rings. The summed E-state index contributed by atoms with van der Waals surface area (Å²) in [7, 11) is 0. The summed E-state index contributed by atoms with van der Waals surface area (Å²) in [6.07, 6.45) is 0. The minimum Gasteiger partial charge on any atom is -0.308 e. The lowest BCUT2D eigenvalue weighted by Gasteiger charge is -2.26. The van der Waals surface area contributed by atoms with E-state index in [1.165, 1.54) is 97.7 Å². The Hall–Kier alpha value is -7.10. The number of hydrogen-bond acceptors (Lipinski definition) is 1. The second-order valence-corrected chi connectivity index (χ2v) is 14.5. The van der Waals surface area contributed by atoms with E-state index in [0.717, 1.165) is 17.1 Å². The van der Waals surface area contributed by atoms with Gasteiger partial charge in [0, 0.05) is 59.9 Å². The molecule has 0 unspecified atom stereocenters. The van der Waals surface area contributed by atoms with Gasteiger partial charge in [-0.2, -0.15) is 0 Å². The van der Waals surface area contributed by atoms with Gasteiger partial charge in [-0.05, 0) is 64.7 Å². The normalized spacial score (nSPS) is 12.5. The molecule has 3 heteroatoms. The van der Waals surface area contributed by atoms with Gasteiger partial charge in [0.1, 0.15) is 0 Å². The van der Waals surface area contributed by atoms with E-state index in [2.05, 4.69) is 190 Å². The van der Waals surface area contributed by atoms with Crippen LogP contribution in [0.25, 0.3) is 97.7 Å². The monoisotopic (exact) mass is 671 g/mol. The van der Waals surface area contributed by atoms with E-state index in [1.807, 2.05) is 0 Å². The summed E-state index contributed by atoms with van der Waals surface area (Å²) in [5.74, 6) is 0. The van der Waals surface area contributed by atoms with Gasteiger partial charge in [0.2, 0.25) is 0 Å². The summed E-state index contributed by atoms with van der Waals surface area (Å²) in [6, 6.07) is 64.8. The second-order valence-electron chi connectivity index (χ2n) is 14.5. The number of rotatable bonds is 3. The van der Waals surface area contributed by atoms with Crippen LogP contribution in [0.4, 0.5) is 17.1 Å². The molecule has 0 aliphatic carbocycles. The van der Waals surface area contributed by atoms with Crippen LogP contribution in [0, 0.1) is 0 Å². The van der Waals surface area contributed by atoms with Gasteiger partial charge in [0.15, 0.2) is 0 Å². The predicted octanol–water partition coefficient (Wildman–Crippen LogP) is 13.8. The fourth-order valence-electron chi connectivity index (χ4n) is 9.87. The van der Waals surface area contributed by atoms with Crippen molar-refractivity contribution in [1.29, 1.82) is 0 Å². The molecule has 0 spiro atoms. The van der Waals surface area contributed by atoms with E-state index in [0.29, 0.717) is 0 Å². The van der Waals surface area contributed by atoms with E-state index < -0.39 is 0 Å². The molecule has 0 saturated carbocycles. The molecule has 0 bridgehead atoms. The molecule has 4 aromatic heterocycles. The molecular weight excluding hydrogens is 643 g/mol. The number of aromatic nitrogens is 2. The van der Waals surface area contributed by atoms with Crippen LogP contribution < -0.4 is 4.90 Å². The number of hydrogen-bond donors (Lipinski definition) is 0. The van der Waals surface area contributed by atoms with Crippen molar-refractivity contribution in [3.05, 3.63) is 176 Å². The Morgan fingerprint density at radius 3 is 1.62 bits per heavy atom. The van der Waals surface area contributed by atoms with E-state index in [9.17, 15) is 0 Å². The van der Waals surface area contributed by atoms with Gasteiger partial charge in [-0.15, -0.1) is 0 Å². The molecule has 9 aromatic carbocycles. The van der Waals surface area contributed by atoms with Crippen molar-refractivity contribution in [3.63, 3.8) is 0 Å². The lowest BCUT2D eigenvalue weighted by Crippen LogP contribution is -2.10. The quantitative estimate of drug-likeness (QED) is 0.182. The molecule has 53 heavy (non-hydrogen) atoms. The second kappa shape index (κ2) is 9.81. The largest absolute Gasteiger partial charge is 0.308 e. The van der Waals surface area contributed by atoms with Gasteiger partial charge in [0.05, 0.1) is 38.8 Å². The summed E-state index contributed by atoms with van der Waals surface area (Å²) >= 11 is 0. The highest BCUT2D eigenvalue weighted by atomic mass is 15.2. The van der Waals surface area contributed by atoms with E-state index >= 15 is 0 Å². The highest BCUT2D eigenvalue weighted by Gasteiger charge is 2.27. The van der Waals surface area contributed by atoms with Crippen molar-refractivity contribution in [2.45, 2.75) is 0 Å².